The summed E-state index contributed by atoms with van der Waals surface area (Å²) in [6.07, 6.45) is 1.29. The first-order valence-corrected chi connectivity index (χ1v) is 13.6. The normalized spacial score (nSPS) is 13.5. The van der Waals surface area contributed by atoms with Crippen molar-refractivity contribution in [1.29, 1.82) is 0 Å². The summed E-state index contributed by atoms with van der Waals surface area (Å²) in [7, 11) is 2.92. The Morgan fingerprint density at radius 3 is 2.12 bits per heavy atom. The van der Waals surface area contributed by atoms with E-state index in [1.165, 1.54) is 20.3 Å². The molecule has 0 saturated carbocycles. The second kappa shape index (κ2) is 13.2. The molecule has 1 fully saturated rings. The van der Waals surface area contributed by atoms with Crippen molar-refractivity contribution in [3.8, 4) is 28.6 Å². The zero-order valence-electron chi connectivity index (χ0n) is 23.2. The van der Waals surface area contributed by atoms with Crippen LogP contribution in [0.3, 0.4) is 0 Å². The molecule has 1 saturated heterocycles. The Kier molecular flexibility index (Phi) is 8.98. The lowest BCUT2D eigenvalue weighted by molar-refractivity contribution is -0.146. The van der Waals surface area contributed by atoms with Crippen LogP contribution in [0.1, 0.15) is 24.0 Å². The number of pyridine rings is 1. The second-order valence-electron chi connectivity index (χ2n) is 9.84. The highest BCUT2D eigenvalue weighted by Crippen LogP contribution is 2.41. The van der Waals surface area contributed by atoms with Gasteiger partial charge in [0.25, 0.3) is 0 Å². The summed E-state index contributed by atoms with van der Waals surface area (Å²) in [6, 6.07) is 26.3. The van der Waals surface area contributed by atoms with Crippen LogP contribution >= 0.6 is 0 Å². The number of carbonyl (C=O) groups is 1. The number of halogens is 1. The van der Waals surface area contributed by atoms with Crippen LogP contribution in [0, 0.1) is 11.7 Å². The lowest BCUT2D eigenvalue weighted by Crippen LogP contribution is -2.36. The summed E-state index contributed by atoms with van der Waals surface area (Å²) in [5, 5.41) is 0. The van der Waals surface area contributed by atoms with Gasteiger partial charge in [0.05, 0.1) is 31.3 Å². The van der Waals surface area contributed by atoms with Crippen LogP contribution in [0.15, 0.2) is 84.9 Å². The molecule has 5 rings (SSSR count). The predicted molar refractivity (Wildman–Crippen MR) is 155 cm³/mol. The number of aromatic nitrogens is 1. The van der Waals surface area contributed by atoms with Gasteiger partial charge in [-0.25, -0.2) is 4.39 Å². The van der Waals surface area contributed by atoms with Gasteiger partial charge in [0.2, 0.25) is 11.8 Å². The standard InChI is InChI=1S/C33H33FN2O5/c1-38-29-20-26(36-17-15-25(16-18-36)33(37)39-2)19-28(34)31(29)27-13-14-30(40-21-23-9-5-3-6-10-23)35-32(27)41-22-24-11-7-4-8-12-24/h3-14,19-20,25H,15-18,21-22H2,1-2H3. The average molecular weight is 557 g/mol. The van der Waals surface area contributed by atoms with Crippen molar-refractivity contribution in [3.05, 3.63) is 102 Å². The van der Waals surface area contributed by atoms with Crippen LogP contribution < -0.4 is 19.1 Å². The molecule has 0 radical (unpaired) electrons. The van der Waals surface area contributed by atoms with Crippen molar-refractivity contribution in [2.24, 2.45) is 5.92 Å². The van der Waals surface area contributed by atoms with Crippen LogP contribution in [0.5, 0.6) is 17.5 Å². The maximum absolute atomic E-state index is 15.9. The van der Waals surface area contributed by atoms with Crippen LogP contribution in [-0.4, -0.2) is 38.3 Å². The second-order valence-corrected chi connectivity index (χ2v) is 9.84. The Morgan fingerprint density at radius 1 is 0.878 bits per heavy atom. The maximum Gasteiger partial charge on any atom is 0.308 e. The van der Waals surface area contributed by atoms with Crippen molar-refractivity contribution < 1.29 is 28.1 Å². The van der Waals surface area contributed by atoms with Gasteiger partial charge in [-0.15, -0.1) is 0 Å². The van der Waals surface area contributed by atoms with E-state index in [1.54, 1.807) is 12.1 Å². The number of esters is 1. The number of rotatable bonds is 10. The van der Waals surface area contributed by atoms with E-state index < -0.39 is 5.82 Å². The largest absolute Gasteiger partial charge is 0.496 e. The van der Waals surface area contributed by atoms with Gasteiger partial charge in [-0.3, -0.25) is 4.79 Å². The SMILES string of the molecule is COC(=O)C1CCN(c2cc(F)c(-c3ccc(OCc4ccccc4)nc3OCc3ccccc3)c(OC)c2)CC1. The highest BCUT2D eigenvalue weighted by atomic mass is 19.1. The molecule has 212 valence electrons. The van der Waals surface area contributed by atoms with E-state index >= 15 is 4.39 Å². The Morgan fingerprint density at radius 2 is 1.51 bits per heavy atom. The minimum absolute atomic E-state index is 0.139. The van der Waals surface area contributed by atoms with Crippen molar-refractivity contribution >= 4 is 11.7 Å². The molecule has 3 aromatic carbocycles. The number of nitrogens with zero attached hydrogens (tertiary/aromatic N) is 2. The third-order valence-electron chi connectivity index (χ3n) is 7.21. The number of methoxy groups -OCH3 is 2. The van der Waals surface area contributed by atoms with Gasteiger partial charge in [-0.1, -0.05) is 60.7 Å². The van der Waals surface area contributed by atoms with Gasteiger partial charge in [0.1, 0.15) is 24.8 Å². The first-order chi connectivity index (χ1) is 20.1. The minimum atomic E-state index is -0.459. The molecule has 0 atom stereocenters. The summed E-state index contributed by atoms with van der Waals surface area (Å²) >= 11 is 0. The molecular formula is C33H33FN2O5. The number of anilines is 1. The van der Waals surface area contributed by atoms with Crippen molar-refractivity contribution in [2.45, 2.75) is 26.1 Å². The summed E-state index contributed by atoms with van der Waals surface area (Å²) in [5.74, 6) is 0.169. The molecule has 0 N–H and O–H groups in total. The quantitative estimate of drug-likeness (QED) is 0.208. The number of hydrogen-bond donors (Lipinski definition) is 0. The molecule has 2 heterocycles. The molecule has 0 aliphatic carbocycles. The van der Waals surface area contributed by atoms with E-state index in [1.807, 2.05) is 66.7 Å². The number of carbonyl (C=O) groups excluding carboxylic acids is 1. The molecule has 0 amide bonds. The lowest BCUT2D eigenvalue weighted by Gasteiger charge is -2.33. The number of benzene rings is 3. The third-order valence-corrected chi connectivity index (χ3v) is 7.21. The predicted octanol–water partition coefficient (Wildman–Crippen LogP) is 6.44. The molecule has 7 nitrogen and oxygen atoms in total. The van der Waals surface area contributed by atoms with Gasteiger partial charge in [-0.05, 0) is 36.1 Å². The molecule has 0 unspecified atom stereocenters. The van der Waals surface area contributed by atoms with Crippen molar-refractivity contribution in [3.63, 3.8) is 0 Å². The molecule has 41 heavy (non-hydrogen) atoms. The van der Waals surface area contributed by atoms with Gasteiger partial charge >= 0.3 is 5.97 Å². The fraction of sp³-hybridized carbons (Fsp3) is 0.273. The highest BCUT2D eigenvalue weighted by molar-refractivity contribution is 5.78. The van der Waals surface area contributed by atoms with Crippen molar-refractivity contribution in [2.75, 3.05) is 32.2 Å². The van der Waals surface area contributed by atoms with Crippen molar-refractivity contribution in [1.82, 2.24) is 4.98 Å². The van der Waals surface area contributed by atoms with Crippen LogP contribution in [0.2, 0.25) is 0 Å². The van der Waals surface area contributed by atoms with E-state index in [0.29, 0.717) is 55.4 Å². The summed E-state index contributed by atoms with van der Waals surface area (Å²) in [4.78, 5) is 18.6. The van der Waals surface area contributed by atoms with E-state index in [9.17, 15) is 4.79 Å². The van der Waals surface area contributed by atoms with E-state index in [2.05, 4.69) is 9.88 Å². The smallest absolute Gasteiger partial charge is 0.308 e. The molecule has 4 aromatic rings. The Hall–Kier alpha value is -4.59. The lowest BCUT2D eigenvalue weighted by atomic mass is 9.96. The molecule has 0 bridgehead atoms. The highest BCUT2D eigenvalue weighted by Gasteiger charge is 2.27. The first-order valence-electron chi connectivity index (χ1n) is 13.6. The summed E-state index contributed by atoms with van der Waals surface area (Å²) in [6.45, 7) is 1.81. The van der Waals surface area contributed by atoms with E-state index in [-0.39, 0.29) is 29.9 Å². The topological polar surface area (TPSA) is 70.1 Å². The molecular weight excluding hydrogens is 523 g/mol. The summed E-state index contributed by atoms with van der Waals surface area (Å²) in [5.41, 5.74) is 3.36. The Bertz CT molecular complexity index is 1460. The number of ether oxygens (including phenoxy) is 4. The van der Waals surface area contributed by atoms with E-state index in [4.69, 9.17) is 18.9 Å². The van der Waals surface area contributed by atoms with Crippen LogP contribution in [-0.2, 0) is 22.7 Å². The fourth-order valence-corrected chi connectivity index (χ4v) is 4.97. The Balaban J connectivity index is 1.44. The molecule has 1 aliphatic rings. The van der Waals surface area contributed by atoms with Gasteiger partial charge in [0, 0.05) is 30.9 Å². The molecule has 8 heteroatoms. The molecule has 0 spiro atoms. The van der Waals surface area contributed by atoms with E-state index in [0.717, 1.165) is 11.1 Å². The van der Waals surface area contributed by atoms with Crippen LogP contribution in [0.4, 0.5) is 10.1 Å². The van der Waals surface area contributed by atoms with Crippen LogP contribution in [0.25, 0.3) is 11.1 Å². The van der Waals surface area contributed by atoms with Gasteiger partial charge < -0.3 is 23.8 Å². The third kappa shape index (κ3) is 6.77. The summed E-state index contributed by atoms with van der Waals surface area (Å²) < 4.78 is 38.6. The first kappa shape index (κ1) is 28.0. The zero-order chi connectivity index (χ0) is 28.6. The maximum atomic E-state index is 15.9. The number of piperidine rings is 1. The fourth-order valence-electron chi connectivity index (χ4n) is 4.97. The minimum Gasteiger partial charge on any atom is -0.496 e. The van der Waals surface area contributed by atoms with Gasteiger partial charge in [-0.2, -0.15) is 4.98 Å². The molecule has 1 aromatic heterocycles. The average Bonchev–Trinajstić information content (AvgIpc) is 3.03. The molecule has 1 aliphatic heterocycles. The Labute approximate surface area is 239 Å². The monoisotopic (exact) mass is 556 g/mol. The number of hydrogen-bond acceptors (Lipinski definition) is 7. The van der Waals surface area contributed by atoms with Gasteiger partial charge in [0.15, 0.2) is 0 Å². The zero-order valence-corrected chi connectivity index (χ0v) is 23.2.